The van der Waals surface area contributed by atoms with Gasteiger partial charge in [0.15, 0.2) is 0 Å². The quantitative estimate of drug-likeness (QED) is 0.444. The van der Waals surface area contributed by atoms with E-state index in [1.54, 1.807) is 0 Å². The molecule has 0 saturated carbocycles. The fraction of sp³-hybridized carbons (Fsp3) is 0.600. The Morgan fingerprint density at radius 2 is 0.788 bits per heavy atom. The van der Waals surface area contributed by atoms with Gasteiger partial charge in [-0.15, -0.1) is 0 Å². The first-order valence-electron chi connectivity index (χ1n) is 12.6. The van der Waals surface area contributed by atoms with Crippen LogP contribution >= 0.6 is 0 Å². The second kappa shape index (κ2) is 7.82. The van der Waals surface area contributed by atoms with Crippen LogP contribution in [-0.4, -0.2) is 7.69 Å². The second-order valence-corrected chi connectivity index (χ2v) is 13.2. The molecule has 1 radical (unpaired) electrons. The van der Waals surface area contributed by atoms with E-state index in [-0.39, 0.29) is 21.7 Å². The molecule has 0 unspecified atom stereocenters. The summed E-state index contributed by atoms with van der Waals surface area (Å²) in [5.74, 6) is 1.77. The van der Waals surface area contributed by atoms with Gasteiger partial charge >= 0.3 is 7.69 Å². The summed E-state index contributed by atoms with van der Waals surface area (Å²) in [4.78, 5) is 0. The van der Waals surface area contributed by atoms with Crippen LogP contribution in [0.1, 0.15) is 114 Å². The maximum atomic E-state index is 6.11. The lowest BCUT2D eigenvalue weighted by atomic mass is 9.63. The SMILES string of the molecule is Cc1cc2c(cc1O[B]Oc1cc3c(cc1C)C(C)(C)CCC3(C)C)C(C)(C)CCC2(C)C. The van der Waals surface area contributed by atoms with Crippen LogP contribution in [0, 0.1) is 13.8 Å². The lowest BCUT2D eigenvalue weighted by Crippen LogP contribution is -2.34. The number of benzene rings is 2. The summed E-state index contributed by atoms with van der Waals surface area (Å²) in [5.41, 5.74) is 8.76. The molecule has 0 saturated heterocycles. The molecular formula is C30H42BO2. The van der Waals surface area contributed by atoms with Crippen molar-refractivity contribution in [3.63, 3.8) is 0 Å². The van der Waals surface area contributed by atoms with Gasteiger partial charge in [0, 0.05) is 0 Å². The predicted octanol–water partition coefficient (Wildman–Crippen LogP) is 7.99. The Bertz CT molecular complexity index is 990. The molecule has 0 fully saturated rings. The van der Waals surface area contributed by atoms with E-state index in [1.165, 1.54) is 55.6 Å². The van der Waals surface area contributed by atoms with Crippen molar-refractivity contribution in [2.45, 2.75) is 117 Å². The lowest BCUT2D eigenvalue weighted by molar-refractivity contribution is 0.329. The van der Waals surface area contributed by atoms with Gasteiger partial charge in [0.25, 0.3) is 0 Å². The fourth-order valence-corrected chi connectivity index (χ4v) is 5.79. The molecule has 3 heteroatoms. The standard InChI is InChI=1S/C30H42BO2/c1-19-15-21-23(29(7,8)13-11-27(21,3)4)17-25(19)32-31-33-26-18-24-22(16-20(26)2)28(5,6)12-14-30(24,9)10/h15-18H,11-14H2,1-10H3. The molecule has 4 rings (SSSR count). The smallest absolute Gasteiger partial charge is 0.526 e. The summed E-state index contributed by atoms with van der Waals surface area (Å²) in [6, 6.07) is 9.15. The average molecular weight is 445 g/mol. The normalized spacial score (nSPS) is 21.5. The zero-order chi connectivity index (χ0) is 24.4. The van der Waals surface area contributed by atoms with Crippen LogP contribution in [-0.2, 0) is 21.7 Å². The number of aryl methyl sites for hydroxylation is 2. The van der Waals surface area contributed by atoms with Gasteiger partial charge in [-0.25, -0.2) is 0 Å². The molecule has 0 amide bonds. The molecule has 0 bridgehead atoms. The Morgan fingerprint density at radius 1 is 0.515 bits per heavy atom. The van der Waals surface area contributed by atoms with Gasteiger partial charge in [0.2, 0.25) is 0 Å². The van der Waals surface area contributed by atoms with Crippen LogP contribution in [0.2, 0.25) is 0 Å². The van der Waals surface area contributed by atoms with Crippen LogP contribution < -0.4 is 9.31 Å². The Balaban J connectivity index is 1.58. The van der Waals surface area contributed by atoms with Gasteiger partial charge < -0.3 is 9.31 Å². The first-order chi connectivity index (χ1) is 15.1. The van der Waals surface area contributed by atoms with Crippen molar-refractivity contribution in [2.75, 3.05) is 0 Å². The minimum atomic E-state index is 0.158. The lowest BCUT2D eigenvalue weighted by Gasteiger charge is -2.42. The summed E-state index contributed by atoms with van der Waals surface area (Å²) >= 11 is 0. The molecule has 2 aliphatic carbocycles. The monoisotopic (exact) mass is 445 g/mol. The van der Waals surface area contributed by atoms with Crippen LogP contribution in [0.3, 0.4) is 0 Å². The summed E-state index contributed by atoms with van der Waals surface area (Å²) in [7, 11) is 1.52. The molecule has 33 heavy (non-hydrogen) atoms. The van der Waals surface area contributed by atoms with Gasteiger partial charge in [-0.2, -0.15) is 0 Å². The molecule has 0 heterocycles. The summed E-state index contributed by atoms with van der Waals surface area (Å²) in [6.45, 7) is 23.1. The molecule has 0 aliphatic heterocycles. The molecule has 2 nitrogen and oxygen atoms in total. The van der Waals surface area contributed by atoms with Crippen molar-refractivity contribution >= 4 is 7.69 Å². The van der Waals surface area contributed by atoms with E-state index in [0.717, 1.165) is 22.6 Å². The Morgan fingerprint density at radius 3 is 1.09 bits per heavy atom. The fourth-order valence-electron chi connectivity index (χ4n) is 5.79. The highest BCUT2D eigenvalue weighted by Gasteiger charge is 2.39. The van der Waals surface area contributed by atoms with Crippen molar-refractivity contribution in [1.29, 1.82) is 0 Å². The molecule has 0 atom stereocenters. The van der Waals surface area contributed by atoms with Gasteiger partial charge in [-0.1, -0.05) is 67.5 Å². The predicted molar refractivity (Wildman–Crippen MR) is 140 cm³/mol. The van der Waals surface area contributed by atoms with Crippen LogP contribution in [0.15, 0.2) is 24.3 Å². The van der Waals surface area contributed by atoms with E-state index in [9.17, 15) is 0 Å². The van der Waals surface area contributed by atoms with Crippen molar-refractivity contribution in [3.05, 3.63) is 57.6 Å². The minimum absolute atomic E-state index is 0.158. The van der Waals surface area contributed by atoms with Gasteiger partial charge in [-0.3, -0.25) is 0 Å². The van der Waals surface area contributed by atoms with Gasteiger partial charge in [-0.05, 0) is 107 Å². The zero-order valence-electron chi connectivity index (χ0n) is 22.5. The highest BCUT2D eigenvalue weighted by atomic mass is 16.6. The molecule has 2 aliphatic rings. The topological polar surface area (TPSA) is 18.5 Å². The molecule has 177 valence electrons. The van der Waals surface area contributed by atoms with Crippen molar-refractivity contribution < 1.29 is 9.31 Å². The summed E-state index contributed by atoms with van der Waals surface area (Å²) < 4.78 is 12.2. The first-order valence-corrected chi connectivity index (χ1v) is 12.6. The van der Waals surface area contributed by atoms with Crippen LogP contribution in [0.25, 0.3) is 0 Å². The molecule has 0 N–H and O–H groups in total. The van der Waals surface area contributed by atoms with E-state index < -0.39 is 0 Å². The third kappa shape index (κ3) is 4.33. The summed E-state index contributed by atoms with van der Waals surface area (Å²) in [6.07, 6.45) is 4.81. The Kier molecular flexibility index (Phi) is 5.74. The highest BCUT2D eigenvalue weighted by Crippen LogP contribution is 2.49. The number of hydrogen-bond acceptors (Lipinski definition) is 2. The Hall–Kier alpha value is -1.90. The average Bonchev–Trinajstić information content (AvgIpc) is 2.71. The van der Waals surface area contributed by atoms with Crippen LogP contribution in [0.5, 0.6) is 11.5 Å². The third-order valence-corrected chi connectivity index (χ3v) is 8.65. The zero-order valence-corrected chi connectivity index (χ0v) is 22.5. The Labute approximate surface area is 202 Å². The highest BCUT2D eigenvalue weighted by molar-refractivity contribution is 6.20. The van der Waals surface area contributed by atoms with E-state index >= 15 is 0 Å². The third-order valence-electron chi connectivity index (χ3n) is 8.65. The summed E-state index contributed by atoms with van der Waals surface area (Å²) in [5, 5.41) is 0. The maximum absolute atomic E-state index is 6.11. The van der Waals surface area contributed by atoms with E-state index in [4.69, 9.17) is 9.31 Å². The van der Waals surface area contributed by atoms with E-state index in [0.29, 0.717) is 0 Å². The number of fused-ring (bicyclic) bond motifs is 2. The number of hydrogen-bond donors (Lipinski definition) is 0. The van der Waals surface area contributed by atoms with Gasteiger partial charge in [0.1, 0.15) is 11.5 Å². The van der Waals surface area contributed by atoms with E-state index in [1.807, 2.05) is 0 Å². The van der Waals surface area contributed by atoms with Crippen molar-refractivity contribution in [2.24, 2.45) is 0 Å². The largest absolute Gasteiger partial charge is 0.658 e. The maximum Gasteiger partial charge on any atom is 0.658 e. The molecular weight excluding hydrogens is 403 g/mol. The minimum Gasteiger partial charge on any atom is -0.526 e. The van der Waals surface area contributed by atoms with Gasteiger partial charge in [0.05, 0.1) is 0 Å². The molecule has 0 spiro atoms. The second-order valence-electron chi connectivity index (χ2n) is 13.2. The first kappa shape index (κ1) is 24.2. The van der Waals surface area contributed by atoms with Crippen molar-refractivity contribution in [1.82, 2.24) is 0 Å². The van der Waals surface area contributed by atoms with Crippen LogP contribution in [0.4, 0.5) is 0 Å². The molecule has 2 aromatic carbocycles. The van der Waals surface area contributed by atoms with Crippen molar-refractivity contribution in [3.8, 4) is 11.5 Å². The molecule has 0 aromatic heterocycles. The van der Waals surface area contributed by atoms with E-state index in [2.05, 4.69) is 93.5 Å². The molecule has 2 aromatic rings. The number of rotatable bonds is 4.